The Morgan fingerprint density at radius 2 is 1.47 bits per heavy atom. The first kappa shape index (κ1) is 25.8. The van der Waals surface area contributed by atoms with Gasteiger partial charge in [0.05, 0.1) is 0 Å². The summed E-state index contributed by atoms with van der Waals surface area (Å²) >= 11 is 0. The number of rotatable bonds is 11. The molecule has 2 aromatic rings. The SMILES string of the molecule is CNC(=O)[C@@H](C)NC(=O)C(CC(C)C)CP(=O)(O)Cc1ccc(Cc2ccccc2)cc1. The van der Waals surface area contributed by atoms with Gasteiger partial charge in [0.2, 0.25) is 19.2 Å². The zero-order valence-electron chi connectivity index (χ0n) is 19.4. The fourth-order valence-electron chi connectivity index (χ4n) is 3.74. The molecule has 0 saturated carbocycles. The lowest BCUT2D eigenvalue weighted by atomic mass is 9.97. The molecule has 0 heterocycles. The number of likely N-dealkylation sites (N-methyl/N-ethyl adjacent to an activating group) is 1. The summed E-state index contributed by atoms with van der Waals surface area (Å²) in [6, 6.07) is 17.2. The van der Waals surface area contributed by atoms with E-state index in [1.807, 2.05) is 56.3 Å². The maximum Gasteiger partial charge on any atom is 0.242 e. The van der Waals surface area contributed by atoms with Gasteiger partial charge in [0, 0.05) is 25.3 Å². The topological polar surface area (TPSA) is 95.5 Å². The molecule has 3 atom stereocenters. The Labute approximate surface area is 191 Å². The second-order valence-corrected chi connectivity index (χ2v) is 11.2. The van der Waals surface area contributed by atoms with E-state index in [1.54, 1.807) is 6.92 Å². The minimum Gasteiger partial charge on any atom is -0.357 e. The summed E-state index contributed by atoms with van der Waals surface area (Å²) in [4.78, 5) is 35.2. The Morgan fingerprint density at radius 3 is 2.03 bits per heavy atom. The zero-order chi connectivity index (χ0) is 23.7. The Hall–Kier alpha value is -2.43. The second kappa shape index (κ2) is 12.0. The molecule has 2 aromatic carbocycles. The third-order valence-corrected chi connectivity index (χ3v) is 7.21. The fraction of sp³-hybridized carbons (Fsp3) is 0.440. The lowest BCUT2D eigenvalue weighted by Crippen LogP contribution is -2.46. The van der Waals surface area contributed by atoms with E-state index in [0.717, 1.165) is 17.5 Å². The van der Waals surface area contributed by atoms with Crippen LogP contribution in [0.25, 0.3) is 0 Å². The lowest BCUT2D eigenvalue weighted by Gasteiger charge is -2.23. The Kier molecular flexibility index (Phi) is 9.67. The van der Waals surface area contributed by atoms with E-state index < -0.39 is 19.3 Å². The van der Waals surface area contributed by atoms with Crippen molar-refractivity contribution in [2.24, 2.45) is 11.8 Å². The smallest absolute Gasteiger partial charge is 0.242 e. The molecular weight excluding hydrogens is 423 g/mol. The van der Waals surface area contributed by atoms with Gasteiger partial charge in [-0.2, -0.15) is 0 Å². The van der Waals surface area contributed by atoms with Crippen molar-refractivity contribution >= 4 is 19.2 Å². The second-order valence-electron chi connectivity index (χ2n) is 8.84. The molecule has 7 heteroatoms. The van der Waals surface area contributed by atoms with Gasteiger partial charge in [-0.3, -0.25) is 14.2 Å². The summed E-state index contributed by atoms with van der Waals surface area (Å²) in [5, 5.41) is 5.16. The maximum absolute atomic E-state index is 13.0. The normalized spacial score (nSPS) is 14.9. The van der Waals surface area contributed by atoms with Crippen LogP contribution >= 0.6 is 7.37 Å². The lowest BCUT2D eigenvalue weighted by molar-refractivity contribution is -0.130. The molecule has 6 nitrogen and oxygen atoms in total. The number of carbonyl (C=O) groups excluding carboxylic acids is 2. The molecular formula is C25H35N2O4P. The van der Waals surface area contributed by atoms with Gasteiger partial charge in [-0.25, -0.2) is 0 Å². The van der Waals surface area contributed by atoms with Crippen molar-refractivity contribution < 1.29 is 19.0 Å². The third-order valence-electron chi connectivity index (χ3n) is 5.33. The van der Waals surface area contributed by atoms with Gasteiger partial charge < -0.3 is 15.5 Å². The molecule has 174 valence electrons. The Bertz CT molecular complexity index is 929. The summed E-state index contributed by atoms with van der Waals surface area (Å²) in [6.45, 7) is 5.53. The van der Waals surface area contributed by atoms with Crippen molar-refractivity contribution in [2.75, 3.05) is 13.2 Å². The van der Waals surface area contributed by atoms with Crippen LogP contribution in [-0.4, -0.2) is 36.0 Å². The number of carbonyl (C=O) groups is 2. The van der Waals surface area contributed by atoms with Gasteiger partial charge in [-0.15, -0.1) is 0 Å². The molecule has 0 aromatic heterocycles. The predicted molar refractivity (Wildman–Crippen MR) is 129 cm³/mol. The van der Waals surface area contributed by atoms with Crippen LogP contribution in [0.15, 0.2) is 54.6 Å². The number of hydrogen-bond acceptors (Lipinski definition) is 3. The quantitative estimate of drug-likeness (QED) is 0.444. The van der Waals surface area contributed by atoms with E-state index >= 15 is 0 Å². The number of hydrogen-bond donors (Lipinski definition) is 3. The first-order valence-electron chi connectivity index (χ1n) is 11.0. The van der Waals surface area contributed by atoms with Crippen molar-refractivity contribution in [3.05, 3.63) is 71.3 Å². The van der Waals surface area contributed by atoms with Crippen LogP contribution in [0.5, 0.6) is 0 Å². The van der Waals surface area contributed by atoms with Crippen LogP contribution in [0.4, 0.5) is 0 Å². The molecule has 0 aliphatic rings. The number of amides is 2. The molecule has 0 fully saturated rings. The van der Waals surface area contributed by atoms with E-state index in [-0.39, 0.29) is 30.1 Å². The Morgan fingerprint density at radius 1 is 0.906 bits per heavy atom. The molecule has 0 aliphatic carbocycles. The molecule has 2 amide bonds. The Balaban J connectivity index is 2.03. The molecule has 2 unspecified atom stereocenters. The van der Waals surface area contributed by atoms with E-state index in [9.17, 15) is 19.0 Å². The van der Waals surface area contributed by atoms with Crippen molar-refractivity contribution in [2.45, 2.75) is 45.8 Å². The summed E-state index contributed by atoms with van der Waals surface area (Å²) in [5.74, 6) is -1.11. The van der Waals surface area contributed by atoms with Gasteiger partial charge in [-0.1, -0.05) is 68.4 Å². The maximum atomic E-state index is 13.0. The molecule has 0 saturated heterocycles. The standard InChI is InChI=1S/C25H35N2O4P/c1-18(2)14-23(25(29)27-19(3)24(28)26-4)17-32(30,31)16-22-12-10-21(11-13-22)15-20-8-6-5-7-9-20/h5-13,18-19,23H,14-17H2,1-4H3,(H,26,28)(H,27,29)(H,30,31)/t19-,23?/m1/s1. The highest BCUT2D eigenvalue weighted by molar-refractivity contribution is 7.57. The van der Waals surface area contributed by atoms with Gasteiger partial charge in [0.15, 0.2) is 0 Å². The zero-order valence-corrected chi connectivity index (χ0v) is 20.3. The van der Waals surface area contributed by atoms with Gasteiger partial charge in [0.25, 0.3) is 0 Å². The average Bonchev–Trinajstić information content (AvgIpc) is 2.74. The van der Waals surface area contributed by atoms with Crippen LogP contribution in [0.2, 0.25) is 0 Å². The van der Waals surface area contributed by atoms with E-state index in [1.165, 1.54) is 12.6 Å². The summed E-state index contributed by atoms with van der Waals surface area (Å²) in [5.41, 5.74) is 3.12. The fourth-order valence-corrected chi connectivity index (χ4v) is 5.65. The molecule has 0 spiro atoms. The molecule has 2 rings (SSSR count). The van der Waals surface area contributed by atoms with Crippen molar-refractivity contribution in [3.8, 4) is 0 Å². The average molecular weight is 459 g/mol. The van der Waals surface area contributed by atoms with Crippen LogP contribution in [0, 0.1) is 11.8 Å². The summed E-state index contributed by atoms with van der Waals surface area (Å²) in [6.07, 6.45) is 1.19. The van der Waals surface area contributed by atoms with Crippen LogP contribution in [0.3, 0.4) is 0 Å². The largest absolute Gasteiger partial charge is 0.357 e. The van der Waals surface area contributed by atoms with Crippen LogP contribution in [-0.2, 0) is 26.7 Å². The molecule has 0 radical (unpaired) electrons. The van der Waals surface area contributed by atoms with E-state index in [2.05, 4.69) is 22.8 Å². The highest BCUT2D eigenvalue weighted by atomic mass is 31.2. The highest BCUT2D eigenvalue weighted by Gasteiger charge is 2.31. The van der Waals surface area contributed by atoms with Crippen molar-refractivity contribution in [3.63, 3.8) is 0 Å². The van der Waals surface area contributed by atoms with Crippen LogP contribution < -0.4 is 10.6 Å². The molecule has 32 heavy (non-hydrogen) atoms. The first-order valence-corrected chi connectivity index (χ1v) is 13.1. The number of nitrogens with one attached hydrogen (secondary N) is 2. The van der Waals surface area contributed by atoms with Crippen LogP contribution in [0.1, 0.15) is 43.9 Å². The minimum atomic E-state index is -3.60. The van der Waals surface area contributed by atoms with Crippen molar-refractivity contribution in [1.29, 1.82) is 0 Å². The van der Waals surface area contributed by atoms with E-state index in [0.29, 0.717) is 6.42 Å². The monoisotopic (exact) mass is 458 g/mol. The summed E-state index contributed by atoms with van der Waals surface area (Å²) in [7, 11) is -2.09. The van der Waals surface area contributed by atoms with Crippen molar-refractivity contribution in [1.82, 2.24) is 10.6 Å². The first-order chi connectivity index (χ1) is 15.1. The van der Waals surface area contributed by atoms with Gasteiger partial charge in [-0.05, 0) is 42.4 Å². The summed E-state index contributed by atoms with van der Waals surface area (Å²) < 4.78 is 13.0. The minimum absolute atomic E-state index is 0.0193. The molecule has 0 bridgehead atoms. The van der Waals surface area contributed by atoms with E-state index in [4.69, 9.17) is 0 Å². The molecule has 3 N–H and O–H groups in total. The molecule has 0 aliphatic heterocycles. The third kappa shape index (κ3) is 8.60. The van der Waals surface area contributed by atoms with Gasteiger partial charge in [0.1, 0.15) is 6.04 Å². The van der Waals surface area contributed by atoms with Gasteiger partial charge >= 0.3 is 0 Å². The number of benzene rings is 2. The predicted octanol–water partition coefficient (Wildman–Crippen LogP) is 3.96. The highest BCUT2D eigenvalue weighted by Crippen LogP contribution is 2.47.